The van der Waals surface area contributed by atoms with Crippen molar-refractivity contribution in [1.29, 1.82) is 0 Å². The number of carbonyl (C=O) groups excluding carboxylic acids is 2. The number of halogens is 1. The lowest BCUT2D eigenvalue weighted by molar-refractivity contribution is -0.116. The smallest absolute Gasteiger partial charge is 0.227 e. The molecule has 2 heterocycles. The lowest BCUT2D eigenvalue weighted by Crippen LogP contribution is -2.12. The van der Waals surface area contributed by atoms with Crippen LogP contribution in [0.15, 0.2) is 52.4 Å². The number of aromatic nitrogens is 3. The summed E-state index contributed by atoms with van der Waals surface area (Å²) in [4.78, 5) is 32.1. The monoisotopic (exact) mass is 465 g/mol. The molecule has 0 radical (unpaired) electrons. The molecule has 0 saturated carbocycles. The SMILES string of the molecule is CC(=O)Nc1ccc(-c2csc(NC(=O)CCc3nc(-c4ccc(C)c(F)c4)no3)n2)cc1. The number of aryl methyl sites for hydroxylation is 2. The number of amides is 2. The molecule has 168 valence electrons. The van der Waals surface area contributed by atoms with E-state index >= 15 is 0 Å². The molecule has 4 aromatic rings. The van der Waals surface area contributed by atoms with E-state index in [2.05, 4.69) is 25.8 Å². The molecule has 0 saturated heterocycles. The molecule has 0 fully saturated rings. The van der Waals surface area contributed by atoms with Gasteiger partial charge in [-0.05, 0) is 30.7 Å². The van der Waals surface area contributed by atoms with Gasteiger partial charge in [0.2, 0.25) is 23.5 Å². The molecule has 0 atom stereocenters. The summed E-state index contributed by atoms with van der Waals surface area (Å²) in [6.45, 7) is 3.13. The van der Waals surface area contributed by atoms with Crippen LogP contribution in [0, 0.1) is 12.7 Å². The van der Waals surface area contributed by atoms with Crippen molar-refractivity contribution in [3.63, 3.8) is 0 Å². The zero-order valence-electron chi connectivity index (χ0n) is 17.9. The average molecular weight is 466 g/mol. The molecule has 2 aromatic heterocycles. The van der Waals surface area contributed by atoms with Gasteiger partial charge in [-0.25, -0.2) is 9.37 Å². The fourth-order valence-electron chi connectivity index (χ4n) is 3.00. The van der Waals surface area contributed by atoms with Crippen molar-refractivity contribution in [3.8, 4) is 22.6 Å². The topological polar surface area (TPSA) is 110 Å². The van der Waals surface area contributed by atoms with Crippen molar-refractivity contribution >= 4 is 34.0 Å². The lowest BCUT2D eigenvalue weighted by atomic mass is 10.1. The third-order valence-corrected chi connectivity index (χ3v) is 5.47. The summed E-state index contributed by atoms with van der Waals surface area (Å²) >= 11 is 1.31. The molecular weight excluding hydrogens is 445 g/mol. The number of benzene rings is 2. The second-order valence-electron chi connectivity index (χ2n) is 7.32. The van der Waals surface area contributed by atoms with E-state index in [0.29, 0.717) is 27.8 Å². The van der Waals surface area contributed by atoms with Crippen LogP contribution in [0.5, 0.6) is 0 Å². The van der Waals surface area contributed by atoms with Crippen LogP contribution < -0.4 is 10.6 Å². The first-order valence-corrected chi connectivity index (χ1v) is 11.0. The van der Waals surface area contributed by atoms with Crippen molar-refractivity contribution in [2.24, 2.45) is 0 Å². The summed E-state index contributed by atoms with van der Waals surface area (Å²) in [6, 6.07) is 12.0. The first-order chi connectivity index (χ1) is 15.9. The van der Waals surface area contributed by atoms with E-state index in [1.54, 1.807) is 31.2 Å². The van der Waals surface area contributed by atoms with Crippen LogP contribution in [-0.4, -0.2) is 26.9 Å². The van der Waals surface area contributed by atoms with E-state index in [4.69, 9.17) is 4.52 Å². The van der Waals surface area contributed by atoms with E-state index in [-0.39, 0.29) is 36.3 Å². The molecule has 2 aromatic carbocycles. The Kier molecular flexibility index (Phi) is 6.55. The third-order valence-electron chi connectivity index (χ3n) is 4.72. The minimum absolute atomic E-state index is 0.129. The Morgan fingerprint density at radius 1 is 1.06 bits per heavy atom. The maximum atomic E-state index is 13.7. The highest BCUT2D eigenvalue weighted by Gasteiger charge is 2.13. The number of carbonyl (C=O) groups is 2. The molecule has 0 spiro atoms. The molecule has 0 unspecified atom stereocenters. The van der Waals surface area contributed by atoms with Crippen LogP contribution in [0.3, 0.4) is 0 Å². The highest BCUT2D eigenvalue weighted by Crippen LogP contribution is 2.26. The molecule has 2 amide bonds. The van der Waals surface area contributed by atoms with Gasteiger partial charge in [0.1, 0.15) is 5.82 Å². The first-order valence-electron chi connectivity index (χ1n) is 10.1. The maximum Gasteiger partial charge on any atom is 0.227 e. The Labute approximate surface area is 192 Å². The maximum absolute atomic E-state index is 13.7. The molecule has 0 aliphatic rings. The molecular formula is C23H20FN5O3S. The Balaban J connectivity index is 1.32. The summed E-state index contributed by atoms with van der Waals surface area (Å²) in [7, 11) is 0. The molecule has 10 heteroatoms. The molecule has 8 nitrogen and oxygen atoms in total. The normalized spacial score (nSPS) is 10.8. The van der Waals surface area contributed by atoms with E-state index < -0.39 is 0 Å². The van der Waals surface area contributed by atoms with Crippen molar-refractivity contribution in [2.45, 2.75) is 26.7 Å². The fourth-order valence-corrected chi connectivity index (χ4v) is 3.74. The second kappa shape index (κ2) is 9.70. The van der Waals surface area contributed by atoms with Gasteiger partial charge in [-0.15, -0.1) is 11.3 Å². The Morgan fingerprint density at radius 3 is 2.55 bits per heavy atom. The van der Waals surface area contributed by atoms with Gasteiger partial charge < -0.3 is 15.2 Å². The summed E-state index contributed by atoms with van der Waals surface area (Å²) in [6.07, 6.45) is 0.375. The van der Waals surface area contributed by atoms with E-state index in [9.17, 15) is 14.0 Å². The van der Waals surface area contributed by atoms with Gasteiger partial charge in [-0.2, -0.15) is 4.98 Å². The van der Waals surface area contributed by atoms with Crippen LogP contribution in [0.4, 0.5) is 15.2 Å². The molecule has 0 aliphatic carbocycles. The predicted molar refractivity (Wildman–Crippen MR) is 123 cm³/mol. The number of thiazole rings is 1. The molecule has 0 bridgehead atoms. The number of nitrogens with one attached hydrogen (secondary N) is 2. The van der Waals surface area contributed by atoms with Gasteiger partial charge in [0.05, 0.1) is 5.69 Å². The van der Waals surface area contributed by atoms with Gasteiger partial charge in [0.25, 0.3) is 0 Å². The molecule has 33 heavy (non-hydrogen) atoms. The third kappa shape index (κ3) is 5.66. The van der Waals surface area contributed by atoms with Crippen LogP contribution in [0.25, 0.3) is 22.6 Å². The zero-order chi connectivity index (χ0) is 23.4. The molecule has 2 N–H and O–H groups in total. The Morgan fingerprint density at radius 2 is 1.82 bits per heavy atom. The summed E-state index contributed by atoms with van der Waals surface area (Å²) in [5.74, 6) is -0.149. The van der Waals surface area contributed by atoms with Crippen LogP contribution in [0.2, 0.25) is 0 Å². The largest absolute Gasteiger partial charge is 0.339 e. The lowest BCUT2D eigenvalue weighted by Gasteiger charge is -2.03. The van der Waals surface area contributed by atoms with Crippen molar-refractivity contribution in [1.82, 2.24) is 15.1 Å². The van der Waals surface area contributed by atoms with Crippen LogP contribution in [0.1, 0.15) is 24.8 Å². The Hall–Kier alpha value is -3.92. The van der Waals surface area contributed by atoms with E-state index in [0.717, 1.165) is 11.3 Å². The summed E-state index contributed by atoms with van der Waals surface area (Å²) in [5.41, 5.74) is 3.33. The predicted octanol–water partition coefficient (Wildman–Crippen LogP) is 4.84. The average Bonchev–Trinajstić information content (AvgIpc) is 3.44. The highest BCUT2D eigenvalue weighted by molar-refractivity contribution is 7.14. The van der Waals surface area contributed by atoms with Crippen LogP contribution in [-0.2, 0) is 16.0 Å². The zero-order valence-corrected chi connectivity index (χ0v) is 18.7. The number of hydrogen-bond donors (Lipinski definition) is 2. The number of nitrogens with zero attached hydrogens (tertiary/aromatic N) is 3. The van der Waals surface area contributed by atoms with Crippen molar-refractivity contribution < 1.29 is 18.5 Å². The number of hydrogen-bond acceptors (Lipinski definition) is 7. The van der Waals surface area contributed by atoms with Gasteiger partial charge in [0, 0.05) is 42.0 Å². The molecule has 0 aliphatic heterocycles. The van der Waals surface area contributed by atoms with Gasteiger partial charge in [-0.3, -0.25) is 9.59 Å². The standard InChI is InChI=1S/C23H20FN5O3S/c1-13-3-4-16(11-18(13)24)22-28-21(32-29-22)10-9-20(31)27-23-26-19(12-33-23)15-5-7-17(8-6-15)25-14(2)30/h3-8,11-12H,9-10H2,1-2H3,(H,25,30)(H,26,27,31). The minimum Gasteiger partial charge on any atom is -0.339 e. The summed E-state index contributed by atoms with van der Waals surface area (Å²) in [5, 5.41) is 11.6. The molecule has 4 rings (SSSR count). The first kappa shape index (κ1) is 22.3. The van der Waals surface area contributed by atoms with Crippen molar-refractivity contribution in [3.05, 3.63) is 65.1 Å². The van der Waals surface area contributed by atoms with Gasteiger partial charge >= 0.3 is 0 Å². The quantitative estimate of drug-likeness (QED) is 0.404. The second-order valence-corrected chi connectivity index (χ2v) is 8.18. The van der Waals surface area contributed by atoms with Gasteiger partial charge in [0.15, 0.2) is 5.13 Å². The Bertz CT molecular complexity index is 1300. The number of anilines is 2. The van der Waals surface area contributed by atoms with Crippen LogP contribution >= 0.6 is 11.3 Å². The summed E-state index contributed by atoms with van der Waals surface area (Å²) < 4.78 is 18.9. The van der Waals surface area contributed by atoms with Gasteiger partial charge in [-0.1, -0.05) is 29.4 Å². The van der Waals surface area contributed by atoms with E-state index in [1.165, 1.54) is 24.3 Å². The van der Waals surface area contributed by atoms with Crippen molar-refractivity contribution in [2.75, 3.05) is 10.6 Å². The minimum atomic E-state index is -0.343. The van der Waals surface area contributed by atoms with E-state index in [1.807, 2.05) is 17.5 Å². The number of rotatable bonds is 7. The fraction of sp³-hybridized carbons (Fsp3) is 0.174. The highest BCUT2D eigenvalue weighted by atomic mass is 32.1.